The average molecular weight is 403 g/mol. The molecular formula is C22H23ClO5. The first-order chi connectivity index (χ1) is 13.3. The average Bonchev–Trinajstić information content (AvgIpc) is 2.66. The van der Waals surface area contributed by atoms with Gasteiger partial charge in [-0.3, -0.25) is 4.79 Å². The van der Waals surface area contributed by atoms with Crippen molar-refractivity contribution in [2.24, 2.45) is 0 Å². The summed E-state index contributed by atoms with van der Waals surface area (Å²) in [6, 6.07) is 10.5. The van der Waals surface area contributed by atoms with Crippen molar-refractivity contribution < 1.29 is 23.8 Å². The van der Waals surface area contributed by atoms with Crippen LogP contribution in [0.5, 0.6) is 11.5 Å². The Hall–Kier alpha value is -2.79. The molecule has 0 spiro atoms. The summed E-state index contributed by atoms with van der Waals surface area (Å²) in [6.07, 6.45) is 1.89. The van der Waals surface area contributed by atoms with Crippen molar-refractivity contribution in [1.29, 1.82) is 0 Å². The Labute approximate surface area is 169 Å². The van der Waals surface area contributed by atoms with Gasteiger partial charge in [0.2, 0.25) is 5.78 Å². The van der Waals surface area contributed by atoms with Crippen molar-refractivity contribution in [2.45, 2.75) is 26.9 Å². The van der Waals surface area contributed by atoms with Gasteiger partial charge in [0.1, 0.15) is 0 Å². The number of benzene rings is 2. The first kappa shape index (κ1) is 21.5. The van der Waals surface area contributed by atoms with Crippen LogP contribution in [0.4, 0.5) is 0 Å². The number of aryl methyl sites for hydroxylation is 1. The molecule has 5 nitrogen and oxygen atoms in total. The van der Waals surface area contributed by atoms with Crippen molar-refractivity contribution in [3.8, 4) is 11.5 Å². The van der Waals surface area contributed by atoms with Gasteiger partial charge in [0.15, 0.2) is 17.6 Å². The number of esters is 1. The third kappa shape index (κ3) is 5.60. The van der Waals surface area contributed by atoms with Crippen molar-refractivity contribution in [3.05, 3.63) is 64.2 Å². The second kappa shape index (κ2) is 9.95. The molecule has 0 fully saturated rings. The molecule has 0 aromatic heterocycles. The normalized spacial score (nSPS) is 11.9. The second-order valence-corrected chi connectivity index (χ2v) is 6.52. The van der Waals surface area contributed by atoms with E-state index >= 15 is 0 Å². The maximum absolute atomic E-state index is 12.3. The van der Waals surface area contributed by atoms with Crippen molar-refractivity contribution in [2.75, 3.05) is 13.7 Å². The molecule has 0 radical (unpaired) electrons. The molecule has 0 aliphatic heterocycles. The first-order valence-corrected chi connectivity index (χ1v) is 9.23. The lowest BCUT2D eigenvalue weighted by molar-refractivity contribution is -0.140. The van der Waals surface area contributed by atoms with Gasteiger partial charge < -0.3 is 14.2 Å². The molecule has 0 aliphatic rings. The highest BCUT2D eigenvalue weighted by atomic mass is 35.5. The topological polar surface area (TPSA) is 61.8 Å². The summed E-state index contributed by atoms with van der Waals surface area (Å²) in [5, 5.41) is 0.365. The zero-order valence-corrected chi connectivity index (χ0v) is 17.1. The van der Waals surface area contributed by atoms with E-state index in [2.05, 4.69) is 0 Å². The standard InChI is InChI=1S/C22H23ClO5/c1-5-27-19-13-16(12-18(23)22(19)26-4)8-11-20(24)28-15(3)21(25)17-9-6-14(2)7-10-17/h6-13,15H,5H2,1-4H3/b11-8+/t15-/m1/s1. The molecule has 0 amide bonds. The van der Waals surface area contributed by atoms with Gasteiger partial charge in [0, 0.05) is 11.6 Å². The number of hydrogen-bond donors (Lipinski definition) is 0. The number of rotatable bonds is 8. The van der Waals surface area contributed by atoms with Crippen LogP contribution in [0.3, 0.4) is 0 Å². The van der Waals surface area contributed by atoms with E-state index in [4.69, 9.17) is 25.8 Å². The van der Waals surface area contributed by atoms with E-state index in [1.807, 2.05) is 26.0 Å². The molecule has 0 saturated heterocycles. The lowest BCUT2D eigenvalue weighted by atomic mass is 10.1. The number of methoxy groups -OCH3 is 1. The molecule has 1 atom stereocenters. The number of carbonyl (C=O) groups is 2. The predicted molar refractivity (Wildman–Crippen MR) is 109 cm³/mol. The lowest BCUT2D eigenvalue weighted by Gasteiger charge is -2.12. The zero-order chi connectivity index (χ0) is 20.7. The van der Waals surface area contributed by atoms with E-state index in [-0.39, 0.29) is 5.78 Å². The third-order valence-electron chi connectivity index (χ3n) is 3.95. The van der Waals surface area contributed by atoms with E-state index in [1.165, 1.54) is 13.2 Å². The molecule has 0 N–H and O–H groups in total. The van der Waals surface area contributed by atoms with Crippen molar-refractivity contribution >= 4 is 29.4 Å². The van der Waals surface area contributed by atoms with Crippen LogP contribution >= 0.6 is 11.6 Å². The Morgan fingerprint density at radius 1 is 1.18 bits per heavy atom. The van der Waals surface area contributed by atoms with Crippen molar-refractivity contribution in [3.63, 3.8) is 0 Å². The van der Waals surface area contributed by atoms with Gasteiger partial charge in [-0.25, -0.2) is 4.79 Å². The van der Waals surface area contributed by atoms with Crippen LogP contribution in [0.15, 0.2) is 42.5 Å². The minimum Gasteiger partial charge on any atom is -0.491 e. The third-order valence-corrected chi connectivity index (χ3v) is 4.23. The van der Waals surface area contributed by atoms with Crippen LogP contribution in [0.1, 0.15) is 35.3 Å². The molecular weight excluding hydrogens is 380 g/mol. The highest BCUT2D eigenvalue weighted by Gasteiger charge is 2.18. The van der Waals surface area contributed by atoms with Gasteiger partial charge >= 0.3 is 5.97 Å². The van der Waals surface area contributed by atoms with Gasteiger partial charge in [-0.2, -0.15) is 0 Å². The largest absolute Gasteiger partial charge is 0.491 e. The molecule has 0 bridgehead atoms. The Morgan fingerprint density at radius 2 is 1.86 bits per heavy atom. The number of ether oxygens (including phenoxy) is 3. The number of ketones is 1. The first-order valence-electron chi connectivity index (χ1n) is 8.85. The van der Waals surface area contributed by atoms with Gasteiger partial charge in [-0.15, -0.1) is 0 Å². The zero-order valence-electron chi connectivity index (χ0n) is 16.3. The quantitative estimate of drug-likeness (QED) is 0.357. The molecule has 0 unspecified atom stereocenters. The Kier molecular flexibility index (Phi) is 7.64. The van der Waals surface area contributed by atoms with E-state index in [9.17, 15) is 9.59 Å². The monoisotopic (exact) mass is 402 g/mol. The number of halogens is 1. The summed E-state index contributed by atoms with van der Waals surface area (Å²) in [7, 11) is 1.50. The molecule has 2 aromatic rings. The summed E-state index contributed by atoms with van der Waals surface area (Å²) in [5.41, 5.74) is 2.19. The minimum absolute atomic E-state index is 0.257. The summed E-state index contributed by atoms with van der Waals surface area (Å²) < 4.78 is 15.9. The summed E-state index contributed by atoms with van der Waals surface area (Å²) in [5.74, 6) is 0.0275. The molecule has 148 valence electrons. The second-order valence-electron chi connectivity index (χ2n) is 6.11. The maximum Gasteiger partial charge on any atom is 0.331 e. The van der Waals surface area contributed by atoms with Crippen LogP contribution in [-0.2, 0) is 9.53 Å². The Morgan fingerprint density at radius 3 is 2.46 bits per heavy atom. The number of carbonyl (C=O) groups excluding carboxylic acids is 2. The molecule has 2 aromatic carbocycles. The van der Waals surface area contributed by atoms with Crippen LogP contribution < -0.4 is 9.47 Å². The molecule has 2 rings (SSSR count). The van der Waals surface area contributed by atoms with Gasteiger partial charge in [0.25, 0.3) is 0 Å². The van der Waals surface area contributed by atoms with Gasteiger partial charge in [-0.1, -0.05) is 41.4 Å². The van der Waals surface area contributed by atoms with E-state index in [0.717, 1.165) is 5.56 Å². The molecule has 28 heavy (non-hydrogen) atoms. The highest BCUT2D eigenvalue weighted by Crippen LogP contribution is 2.36. The summed E-state index contributed by atoms with van der Waals surface area (Å²) in [4.78, 5) is 24.4. The predicted octanol–water partition coefficient (Wildman–Crippen LogP) is 4.88. The fourth-order valence-electron chi connectivity index (χ4n) is 2.53. The molecule has 0 heterocycles. The van der Waals surface area contributed by atoms with Crippen LogP contribution in [0.2, 0.25) is 5.02 Å². The van der Waals surface area contributed by atoms with Crippen LogP contribution in [0, 0.1) is 6.92 Å². The highest BCUT2D eigenvalue weighted by molar-refractivity contribution is 6.32. The Balaban J connectivity index is 2.06. The fourth-order valence-corrected chi connectivity index (χ4v) is 2.83. The summed E-state index contributed by atoms with van der Waals surface area (Å²) in [6.45, 7) is 5.77. The molecule has 0 aliphatic carbocycles. The Bertz CT molecular complexity index is 871. The van der Waals surface area contributed by atoms with Crippen LogP contribution in [0.25, 0.3) is 6.08 Å². The summed E-state index contributed by atoms with van der Waals surface area (Å²) >= 11 is 6.19. The number of Topliss-reactive ketones (excluding diaryl/α,β-unsaturated/α-hetero) is 1. The minimum atomic E-state index is -0.890. The van der Waals surface area contributed by atoms with E-state index < -0.39 is 12.1 Å². The molecule has 0 saturated carbocycles. The van der Waals surface area contributed by atoms with Crippen molar-refractivity contribution in [1.82, 2.24) is 0 Å². The smallest absolute Gasteiger partial charge is 0.331 e. The van der Waals surface area contributed by atoms with Gasteiger partial charge in [-0.05, 0) is 44.5 Å². The SMILES string of the molecule is CCOc1cc(/C=C/C(=O)O[C@H](C)C(=O)c2ccc(C)cc2)cc(Cl)c1OC. The van der Waals surface area contributed by atoms with E-state index in [1.54, 1.807) is 37.3 Å². The number of hydrogen-bond acceptors (Lipinski definition) is 5. The van der Waals surface area contributed by atoms with E-state index in [0.29, 0.717) is 34.3 Å². The maximum atomic E-state index is 12.3. The lowest BCUT2D eigenvalue weighted by Crippen LogP contribution is -2.23. The molecule has 6 heteroatoms. The van der Waals surface area contributed by atoms with Gasteiger partial charge in [0.05, 0.1) is 18.7 Å². The van der Waals surface area contributed by atoms with Crippen LogP contribution in [-0.4, -0.2) is 31.6 Å². The fraction of sp³-hybridized carbons (Fsp3) is 0.273.